The van der Waals surface area contributed by atoms with Gasteiger partial charge in [-0.3, -0.25) is 4.79 Å². The standard InChI is InChI=1S/C23H18N4O2S2/c28-21(16-30-23-27-26-22(31-23)18-9-3-1-4-10-18)25-24-15-17-8-7-13-20(14-17)29-19-11-5-2-6-12-19/h1-15H,16H2,(H,25,28). The lowest BCUT2D eigenvalue weighted by Crippen LogP contribution is -2.19. The van der Waals surface area contributed by atoms with Crippen molar-refractivity contribution in [1.29, 1.82) is 0 Å². The molecule has 8 heteroatoms. The summed E-state index contributed by atoms with van der Waals surface area (Å²) in [6.45, 7) is 0. The molecule has 6 nitrogen and oxygen atoms in total. The summed E-state index contributed by atoms with van der Waals surface area (Å²) in [6.07, 6.45) is 1.58. The monoisotopic (exact) mass is 446 g/mol. The molecule has 3 aromatic carbocycles. The van der Waals surface area contributed by atoms with Crippen LogP contribution in [0.3, 0.4) is 0 Å². The Morgan fingerprint density at radius 1 is 0.968 bits per heavy atom. The fourth-order valence-electron chi connectivity index (χ4n) is 2.59. The third-order valence-electron chi connectivity index (χ3n) is 3.99. The summed E-state index contributed by atoms with van der Waals surface area (Å²) in [5, 5.41) is 13.2. The number of carbonyl (C=O) groups is 1. The van der Waals surface area contributed by atoms with Crippen molar-refractivity contribution in [3.63, 3.8) is 0 Å². The topological polar surface area (TPSA) is 76.5 Å². The lowest BCUT2D eigenvalue weighted by atomic mass is 10.2. The Morgan fingerprint density at radius 2 is 1.71 bits per heavy atom. The van der Waals surface area contributed by atoms with Gasteiger partial charge in [0, 0.05) is 5.56 Å². The lowest BCUT2D eigenvalue weighted by Gasteiger charge is -2.05. The molecule has 0 saturated heterocycles. The summed E-state index contributed by atoms with van der Waals surface area (Å²) in [5.41, 5.74) is 4.37. The number of carbonyl (C=O) groups excluding carboxylic acids is 1. The van der Waals surface area contributed by atoms with Crippen molar-refractivity contribution in [3.05, 3.63) is 90.5 Å². The fraction of sp³-hybridized carbons (Fsp3) is 0.0435. The van der Waals surface area contributed by atoms with Crippen LogP contribution in [-0.4, -0.2) is 28.1 Å². The number of amides is 1. The SMILES string of the molecule is O=C(CSc1nnc(-c2ccccc2)s1)NN=Cc1cccc(Oc2ccccc2)c1. The molecular weight excluding hydrogens is 428 g/mol. The predicted molar refractivity (Wildman–Crippen MR) is 125 cm³/mol. The molecule has 0 atom stereocenters. The molecule has 0 saturated carbocycles. The highest BCUT2D eigenvalue weighted by Crippen LogP contribution is 2.29. The molecular formula is C23H18N4O2S2. The molecule has 0 spiro atoms. The molecule has 1 aromatic heterocycles. The molecule has 0 aliphatic heterocycles. The lowest BCUT2D eigenvalue weighted by molar-refractivity contribution is -0.118. The number of nitrogens with one attached hydrogen (secondary N) is 1. The molecule has 154 valence electrons. The number of thioether (sulfide) groups is 1. The van der Waals surface area contributed by atoms with Gasteiger partial charge < -0.3 is 4.74 Å². The first-order valence-electron chi connectivity index (χ1n) is 9.43. The molecule has 0 radical (unpaired) electrons. The average molecular weight is 447 g/mol. The Labute approximate surface area is 188 Å². The third kappa shape index (κ3) is 6.24. The summed E-state index contributed by atoms with van der Waals surface area (Å²) >= 11 is 2.79. The van der Waals surface area contributed by atoms with Gasteiger partial charge in [-0.1, -0.05) is 83.8 Å². The first-order chi connectivity index (χ1) is 15.3. The Balaban J connectivity index is 1.26. The van der Waals surface area contributed by atoms with Crippen LogP contribution in [0.25, 0.3) is 10.6 Å². The largest absolute Gasteiger partial charge is 0.457 e. The van der Waals surface area contributed by atoms with Crippen LogP contribution in [0.2, 0.25) is 0 Å². The van der Waals surface area contributed by atoms with E-state index in [1.165, 1.54) is 23.1 Å². The maximum atomic E-state index is 12.1. The molecule has 31 heavy (non-hydrogen) atoms. The minimum atomic E-state index is -0.214. The van der Waals surface area contributed by atoms with Crippen LogP contribution in [0.1, 0.15) is 5.56 Å². The van der Waals surface area contributed by atoms with E-state index in [1.807, 2.05) is 84.9 Å². The highest BCUT2D eigenvalue weighted by Gasteiger charge is 2.09. The average Bonchev–Trinajstić information content (AvgIpc) is 3.29. The van der Waals surface area contributed by atoms with Crippen molar-refractivity contribution in [2.24, 2.45) is 5.10 Å². The van der Waals surface area contributed by atoms with Gasteiger partial charge in [0.15, 0.2) is 4.34 Å². The number of ether oxygens (including phenoxy) is 1. The van der Waals surface area contributed by atoms with Crippen LogP contribution in [0, 0.1) is 0 Å². The second-order valence-electron chi connectivity index (χ2n) is 6.31. The smallest absolute Gasteiger partial charge is 0.250 e. The highest BCUT2D eigenvalue weighted by molar-refractivity contribution is 8.01. The van der Waals surface area contributed by atoms with Crippen molar-refractivity contribution < 1.29 is 9.53 Å². The van der Waals surface area contributed by atoms with E-state index in [2.05, 4.69) is 20.7 Å². The number of hydrazone groups is 1. The molecule has 4 aromatic rings. The zero-order valence-corrected chi connectivity index (χ0v) is 18.0. The zero-order chi connectivity index (χ0) is 21.3. The molecule has 4 rings (SSSR count). The van der Waals surface area contributed by atoms with E-state index in [4.69, 9.17) is 4.74 Å². The van der Waals surface area contributed by atoms with Gasteiger partial charge in [-0.15, -0.1) is 10.2 Å². The molecule has 1 N–H and O–H groups in total. The van der Waals surface area contributed by atoms with Gasteiger partial charge in [0.1, 0.15) is 16.5 Å². The summed E-state index contributed by atoms with van der Waals surface area (Å²) in [6, 6.07) is 26.8. The highest BCUT2D eigenvalue weighted by atomic mass is 32.2. The zero-order valence-electron chi connectivity index (χ0n) is 16.3. The van der Waals surface area contributed by atoms with Gasteiger partial charge in [0.25, 0.3) is 5.91 Å². The fourth-order valence-corrected chi connectivity index (χ4v) is 4.24. The molecule has 1 amide bonds. The van der Waals surface area contributed by atoms with Crippen molar-refractivity contribution in [2.75, 3.05) is 5.75 Å². The predicted octanol–water partition coefficient (Wildman–Crippen LogP) is 5.24. The van der Waals surface area contributed by atoms with Crippen molar-refractivity contribution in [3.8, 4) is 22.1 Å². The van der Waals surface area contributed by atoms with Gasteiger partial charge >= 0.3 is 0 Å². The Kier molecular flexibility index (Phi) is 7.04. The summed E-state index contributed by atoms with van der Waals surface area (Å²) in [7, 11) is 0. The van der Waals surface area contributed by atoms with E-state index in [-0.39, 0.29) is 11.7 Å². The Morgan fingerprint density at radius 3 is 2.52 bits per heavy atom. The van der Waals surface area contributed by atoms with Gasteiger partial charge in [0.05, 0.1) is 12.0 Å². The summed E-state index contributed by atoms with van der Waals surface area (Å²) in [5.74, 6) is 1.45. The van der Waals surface area contributed by atoms with Crippen molar-refractivity contribution in [2.45, 2.75) is 4.34 Å². The summed E-state index contributed by atoms with van der Waals surface area (Å²) in [4.78, 5) is 12.1. The second-order valence-corrected chi connectivity index (χ2v) is 8.51. The number of benzene rings is 3. The Hall–Kier alpha value is -3.49. The van der Waals surface area contributed by atoms with Crippen LogP contribution >= 0.6 is 23.1 Å². The maximum Gasteiger partial charge on any atom is 0.250 e. The van der Waals surface area contributed by atoms with E-state index in [9.17, 15) is 4.79 Å². The number of hydrogen-bond acceptors (Lipinski definition) is 7. The molecule has 0 fully saturated rings. The van der Waals surface area contributed by atoms with Crippen molar-refractivity contribution >= 4 is 35.2 Å². The van der Waals surface area contributed by atoms with Gasteiger partial charge in [-0.05, 0) is 29.8 Å². The number of nitrogens with zero attached hydrogens (tertiary/aromatic N) is 3. The van der Waals surface area contributed by atoms with Gasteiger partial charge in [-0.2, -0.15) is 5.10 Å². The first kappa shape index (κ1) is 20.8. The van der Waals surface area contributed by atoms with Gasteiger partial charge in [0.2, 0.25) is 0 Å². The van der Waals surface area contributed by atoms with E-state index >= 15 is 0 Å². The normalized spacial score (nSPS) is 10.8. The molecule has 1 heterocycles. The number of aromatic nitrogens is 2. The van der Waals surface area contributed by atoms with E-state index in [0.29, 0.717) is 5.75 Å². The minimum Gasteiger partial charge on any atom is -0.457 e. The first-order valence-corrected chi connectivity index (χ1v) is 11.2. The maximum absolute atomic E-state index is 12.1. The molecule has 0 aliphatic rings. The van der Waals surface area contributed by atoms with E-state index in [1.54, 1.807) is 6.21 Å². The molecule has 0 unspecified atom stereocenters. The molecule has 0 bridgehead atoms. The number of rotatable bonds is 8. The Bertz CT molecular complexity index is 1160. The molecule has 0 aliphatic carbocycles. The van der Waals surface area contributed by atoms with Crippen LogP contribution in [0.15, 0.2) is 94.4 Å². The quantitative estimate of drug-likeness (QED) is 0.228. The number of hydrogen-bond donors (Lipinski definition) is 1. The van der Waals surface area contributed by atoms with Crippen LogP contribution < -0.4 is 10.2 Å². The number of para-hydroxylation sites is 1. The minimum absolute atomic E-state index is 0.206. The van der Waals surface area contributed by atoms with Crippen LogP contribution in [0.4, 0.5) is 0 Å². The van der Waals surface area contributed by atoms with Crippen LogP contribution in [-0.2, 0) is 4.79 Å². The second kappa shape index (κ2) is 10.5. The van der Waals surface area contributed by atoms with Gasteiger partial charge in [-0.25, -0.2) is 5.43 Å². The summed E-state index contributed by atoms with van der Waals surface area (Å²) < 4.78 is 6.54. The van der Waals surface area contributed by atoms with E-state index < -0.39 is 0 Å². The third-order valence-corrected chi connectivity index (χ3v) is 6.10. The van der Waals surface area contributed by atoms with E-state index in [0.717, 1.165) is 26.2 Å². The van der Waals surface area contributed by atoms with Crippen molar-refractivity contribution in [1.82, 2.24) is 15.6 Å². The van der Waals surface area contributed by atoms with Crippen LogP contribution in [0.5, 0.6) is 11.5 Å².